The fourth-order valence-electron chi connectivity index (χ4n) is 2.74. The Balaban J connectivity index is 1.55. The zero-order chi connectivity index (χ0) is 19.3. The van der Waals surface area contributed by atoms with E-state index in [1.54, 1.807) is 31.3 Å². The molecule has 0 saturated heterocycles. The van der Waals surface area contributed by atoms with Gasteiger partial charge in [0.05, 0.1) is 30.9 Å². The predicted octanol–water partition coefficient (Wildman–Crippen LogP) is 2.20. The average molecular weight is 380 g/mol. The third kappa shape index (κ3) is 3.76. The summed E-state index contributed by atoms with van der Waals surface area (Å²) < 4.78 is 13.8. The summed E-state index contributed by atoms with van der Waals surface area (Å²) in [5, 5.41) is 15.8. The first-order chi connectivity index (χ1) is 13.8. The maximum Gasteiger partial charge on any atom is 0.229 e. The molecule has 3 aromatic heterocycles. The molecule has 0 spiro atoms. The van der Waals surface area contributed by atoms with Crippen LogP contribution in [0.15, 0.2) is 42.9 Å². The first kappa shape index (κ1) is 17.9. The Morgan fingerprint density at radius 3 is 2.75 bits per heavy atom. The summed E-state index contributed by atoms with van der Waals surface area (Å²) in [5.41, 5.74) is 2.85. The van der Waals surface area contributed by atoms with Gasteiger partial charge in [-0.2, -0.15) is 14.8 Å². The second-order valence-corrected chi connectivity index (χ2v) is 6.07. The van der Waals surface area contributed by atoms with E-state index in [0.717, 1.165) is 30.1 Å². The molecule has 0 unspecified atom stereocenters. The van der Waals surface area contributed by atoms with E-state index in [0.29, 0.717) is 23.7 Å². The highest BCUT2D eigenvalue weighted by Crippen LogP contribution is 2.19. The summed E-state index contributed by atoms with van der Waals surface area (Å²) in [6.45, 7) is 1.48. The summed E-state index contributed by atoms with van der Waals surface area (Å²) in [7, 11) is 3.32. The molecule has 0 bridgehead atoms. The van der Waals surface area contributed by atoms with Crippen molar-refractivity contribution in [2.24, 2.45) is 0 Å². The van der Waals surface area contributed by atoms with Crippen molar-refractivity contribution in [1.82, 2.24) is 34.7 Å². The van der Waals surface area contributed by atoms with E-state index in [2.05, 4.69) is 30.7 Å². The number of nitrogens with zero attached hydrogens (tertiary/aromatic N) is 7. The van der Waals surface area contributed by atoms with Crippen molar-refractivity contribution in [3.05, 3.63) is 42.9 Å². The third-order valence-electron chi connectivity index (χ3n) is 4.13. The van der Waals surface area contributed by atoms with Gasteiger partial charge >= 0.3 is 0 Å². The van der Waals surface area contributed by atoms with Crippen molar-refractivity contribution in [3.8, 4) is 11.4 Å². The molecule has 4 aromatic rings. The van der Waals surface area contributed by atoms with E-state index in [1.807, 2.05) is 35.1 Å². The summed E-state index contributed by atoms with van der Waals surface area (Å²) in [5.74, 6) is 1.22. The average Bonchev–Trinajstić information content (AvgIpc) is 3.35. The molecular weight excluding hydrogens is 360 g/mol. The quantitative estimate of drug-likeness (QED) is 0.464. The monoisotopic (exact) mass is 380 g/mol. The minimum absolute atomic E-state index is 0.445. The van der Waals surface area contributed by atoms with Crippen LogP contribution in [0.1, 0.15) is 6.42 Å². The van der Waals surface area contributed by atoms with Crippen LogP contribution in [0.4, 0.5) is 11.6 Å². The minimum Gasteiger partial charge on any atom is -0.497 e. The van der Waals surface area contributed by atoms with Crippen LogP contribution in [0.2, 0.25) is 0 Å². The Hall–Kier alpha value is -3.53. The smallest absolute Gasteiger partial charge is 0.229 e. The molecule has 0 amide bonds. The van der Waals surface area contributed by atoms with Crippen molar-refractivity contribution < 1.29 is 9.47 Å². The van der Waals surface area contributed by atoms with E-state index < -0.39 is 0 Å². The number of nitrogens with one attached hydrogen (secondary N) is 1. The topological polar surface area (TPSA) is 105 Å². The molecule has 1 aromatic carbocycles. The zero-order valence-electron chi connectivity index (χ0n) is 15.6. The van der Waals surface area contributed by atoms with Crippen LogP contribution in [-0.4, -0.2) is 55.6 Å². The van der Waals surface area contributed by atoms with E-state index in [9.17, 15) is 0 Å². The number of hydrogen-bond donors (Lipinski definition) is 1. The van der Waals surface area contributed by atoms with Crippen LogP contribution in [0.3, 0.4) is 0 Å². The Bertz CT molecular complexity index is 1060. The maximum absolute atomic E-state index is 5.20. The van der Waals surface area contributed by atoms with Gasteiger partial charge in [-0.3, -0.25) is 4.68 Å². The lowest BCUT2D eigenvalue weighted by atomic mass is 10.3. The Labute approximate surface area is 161 Å². The van der Waals surface area contributed by atoms with Gasteiger partial charge < -0.3 is 14.8 Å². The largest absolute Gasteiger partial charge is 0.497 e. The molecule has 28 heavy (non-hydrogen) atoms. The molecule has 10 heteroatoms. The zero-order valence-corrected chi connectivity index (χ0v) is 15.6. The van der Waals surface area contributed by atoms with Crippen molar-refractivity contribution in [2.75, 3.05) is 26.1 Å². The molecule has 0 aliphatic heterocycles. The van der Waals surface area contributed by atoms with Crippen LogP contribution in [0.25, 0.3) is 16.9 Å². The first-order valence-electron chi connectivity index (χ1n) is 8.78. The molecule has 10 nitrogen and oxygen atoms in total. The lowest BCUT2D eigenvalue weighted by Crippen LogP contribution is -2.02. The number of ether oxygens (including phenoxy) is 2. The molecule has 4 rings (SSSR count). The molecule has 0 fully saturated rings. The van der Waals surface area contributed by atoms with Gasteiger partial charge in [-0.1, -0.05) is 5.21 Å². The standard InChI is InChI=1S/C18H20N8O2/c1-27-9-3-8-25-12-13(10-20-25)21-18-19-11-16-17(22-18)26(24-23-16)14-4-6-15(28-2)7-5-14/h4-7,10-12H,3,8-9H2,1-2H3,(H,19,21,22). The highest BCUT2D eigenvalue weighted by Gasteiger charge is 2.11. The maximum atomic E-state index is 5.20. The first-order valence-corrected chi connectivity index (χ1v) is 8.78. The molecule has 0 atom stereocenters. The number of hydrogen-bond acceptors (Lipinski definition) is 8. The fraction of sp³-hybridized carbons (Fsp3) is 0.278. The van der Waals surface area contributed by atoms with Gasteiger partial charge in [0.15, 0.2) is 11.2 Å². The normalized spacial score (nSPS) is 11.1. The second kappa shape index (κ2) is 8.01. The van der Waals surface area contributed by atoms with Crippen LogP contribution in [-0.2, 0) is 11.3 Å². The highest BCUT2D eigenvalue weighted by atomic mass is 16.5. The van der Waals surface area contributed by atoms with Crippen LogP contribution >= 0.6 is 0 Å². The Kier molecular flexibility index (Phi) is 5.11. The molecule has 0 saturated carbocycles. The van der Waals surface area contributed by atoms with Gasteiger partial charge in [0.1, 0.15) is 5.75 Å². The van der Waals surface area contributed by atoms with Gasteiger partial charge in [-0.05, 0) is 30.7 Å². The fourth-order valence-corrected chi connectivity index (χ4v) is 2.74. The summed E-state index contributed by atoms with van der Waals surface area (Å²) in [6, 6.07) is 7.51. The number of methoxy groups -OCH3 is 2. The number of aryl methyl sites for hydroxylation is 1. The molecule has 1 N–H and O–H groups in total. The molecule has 3 heterocycles. The number of anilines is 2. The van der Waals surface area contributed by atoms with Gasteiger partial charge in [-0.15, -0.1) is 5.10 Å². The van der Waals surface area contributed by atoms with Gasteiger partial charge in [0, 0.05) is 26.5 Å². The highest BCUT2D eigenvalue weighted by molar-refractivity contribution is 5.72. The van der Waals surface area contributed by atoms with E-state index in [-0.39, 0.29) is 0 Å². The third-order valence-corrected chi connectivity index (χ3v) is 4.13. The van der Waals surface area contributed by atoms with Gasteiger partial charge in [0.2, 0.25) is 5.95 Å². The van der Waals surface area contributed by atoms with E-state index >= 15 is 0 Å². The lowest BCUT2D eigenvalue weighted by Gasteiger charge is -2.05. The number of fused-ring (bicyclic) bond motifs is 1. The summed E-state index contributed by atoms with van der Waals surface area (Å²) in [4.78, 5) is 8.87. The summed E-state index contributed by atoms with van der Waals surface area (Å²) in [6.07, 6.45) is 6.18. The Morgan fingerprint density at radius 2 is 1.96 bits per heavy atom. The van der Waals surface area contributed by atoms with Crippen LogP contribution < -0.4 is 10.1 Å². The van der Waals surface area contributed by atoms with Crippen molar-refractivity contribution in [1.29, 1.82) is 0 Å². The van der Waals surface area contributed by atoms with E-state index in [4.69, 9.17) is 9.47 Å². The lowest BCUT2D eigenvalue weighted by molar-refractivity contribution is 0.189. The number of aromatic nitrogens is 7. The molecular formula is C18H20N8O2. The molecule has 0 aliphatic carbocycles. The van der Waals surface area contributed by atoms with Crippen molar-refractivity contribution in [3.63, 3.8) is 0 Å². The predicted molar refractivity (Wildman–Crippen MR) is 103 cm³/mol. The minimum atomic E-state index is 0.445. The Morgan fingerprint density at radius 1 is 1.11 bits per heavy atom. The molecule has 0 aliphatic rings. The number of benzene rings is 1. The van der Waals surface area contributed by atoms with Gasteiger partial charge in [-0.25, -0.2) is 4.98 Å². The van der Waals surface area contributed by atoms with Crippen molar-refractivity contribution in [2.45, 2.75) is 13.0 Å². The summed E-state index contributed by atoms with van der Waals surface area (Å²) >= 11 is 0. The van der Waals surface area contributed by atoms with Gasteiger partial charge in [0.25, 0.3) is 0 Å². The molecule has 0 radical (unpaired) electrons. The van der Waals surface area contributed by atoms with Crippen LogP contribution in [0, 0.1) is 0 Å². The second-order valence-electron chi connectivity index (χ2n) is 6.07. The molecule has 144 valence electrons. The van der Waals surface area contributed by atoms with Crippen molar-refractivity contribution >= 4 is 22.8 Å². The van der Waals surface area contributed by atoms with Crippen LogP contribution in [0.5, 0.6) is 5.75 Å². The van der Waals surface area contributed by atoms with E-state index in [1.165, 1.54) is 0 Å². The SMILES string of the molecule is COCCCn1cc(Nc2ncc3nnn(-c4ccc(OC)cc4)c3n2)cn1. The number of rotatable bonds is 8.